The number of amides is 1. The van der Waals surface area contributed by atoms with Gasteiger partial charge in [-0.1, -0.05) is 54.9 Å². The highest BCUT2D eigenvalue weighted by Crippen LogP contribution is 2.42. The molecular weight excluding hydrogens is 609 g/mol. The van der Waals surface area contributed by atoms with Crippen LogP contribution >= 0.6 is 11.3 Å². The van der Waals surface area contributed by atoms with Crippen molar-refractivity contribution in [3.05, 3.63) is 88.9 Å². The van der Waals surface area contributed by atoms with Gasteiger partial charge < -0.3 is 10.0 Å². The number of aliphatic carboxylic acids is 1. The van der Waals surface area contributed by atoms with E-state index < -0.39 is 5.97 Å². The molecule has 1 aliphatic heterocycles. The number of anilines is 2. The Balaban J connectivity index is 1.09. The fraction of sp³-hybridized carbons (Fsp3) is 0.378. The maximum atomic E-state index is 13.5. The minimum absolute atomic E-state index is 0.0173. The largest absolute Gasteiger partial charge is 0.481 e. The molecule has 0 atom stereocenters. The Morgan fingerprint density at radius 1 is 0.979 bits per heavy atom. The highest BCUT2D eigenvalue weighted by molar-refractivity contribution is 7.22. The van der Waals surface area contributed by atoms with Crippen molar-refractivity contribution in [3.8, 4) is 11.1 Å². The van der Waals surface area contributed by atoms with Crippen molar-refractivity contribution in [3.63, 3.8) is 0 Å². The molecule has 0 spiro atoms. The van der Waals surface area contributed by atoms with Gasteiger partial charge >= 0.3 is 5.97 Å². The predicted octanol–water partition coefficient (Wildman–Crippen LogP) is 7.80. The van der Waals surface area contributed by atoms with Gasteiger partial charge in [0, 0.05) is 54.1 Å². The molecule has 1 saturated carbocycles. The van der Waals surface area contributed by atoms with Gasteiger partial charge in [-0.15, -0.1) is 0 Å². The van der Waals surface area contributed by atoms with Crippen molar-refractivity contribution >= 4 is 44.4 Å². The third-order valence-electron chi connectivity index (χ3n) is 10.1. The molecule has 3 aromatic heterocycles. The number of benzene rings is 2. The molecule has 0 bridgehead atoms. The molecule has 1 aliphatic carbocycles. The molecule has 4 heterocycles. The Hall–Kier alpha value is -4.57. The molecular formula is C37H40N6O3S. The van der Waals surface area contributed by atoms with Gasteiger partial charge in [-0.2, -0.15) is 5.10 Å². The van der Waals surface area contributed by atoms with Crippen molar-refractivity contribution in [2.45, 2.75) is 78.3 Å². The van der Waals surface area contributed by atoms with Gasteiger partial charge in [0.1, 0.15) is 5.82 Å². The van der Waals surface area contributed by atoms with Gasteiger partial charge in [0.05, 0.1) is 16.4 Å². The third kappa shape index (κ3) is 6.39. The van der Waals surface area contributed by atoms with Gasteiger partial charge in [0.25, 0.3) is 5.91 Å². The van der Waals surface area contributed by atoms with Gasteiger partial charge in [-0.05, 0) is 86.4 Å². The Kier molecular flexibility index (Phi) is 8.53. The number of nitrogens with zero attached hydrogens (tertiary/aromatic N) is 5. The van der Waals surface area contributed by atoms with Crippen LogP contribution < -0.4 is 10.2 Å². The van der Waals surface area contributed by atoms with Gasteiger partial charge in [-0.3, -0.25) is 19.6 Å². The summed E-state index contributed by atoms with van der Waals surface area (Å²) in [7, 11) is 0. The molecule has 2 N–H and O–H groups in total. The number of carbonyl (C=O) groups is 2. The number of nitrogens with one attached hydrogen (secondary N) is 1. The molecule has 5 aromatic rings. The summed E-state index contributed by atoms with van der Waals surface area (Å²) < 4.78 is 3.12. The summed E-state index contributed by atoms with van der Waals surface area (Å²) in [5.41, 5.74) is 7.86. The van der Waals surface area contributed by atoms with E-state index in [1.807, 2.05) is 49.5 Å². The summed E-state index contributed by atoms with van der Waals surface area (Å²) in [5.74, 6) is 0.0154. The van der Waals surface area contributed by atoms with E-state index in [0.29, 0.717) is 23.7 Å². The summed E-state index contributed by atoms with van der Waals surface area (Å²) in [6.45, 7) is 6.31. The maximum absolute atomic E-state index is 13.5. The van der Waals surface area contributed by atoms with E-state index in [2.05, 4.69) is 45.0 Å². The van der Waals surface area contributed by atoms with Crippen LogP contribution in [0.25, 0.3) is 21.3 Å². The summed E-state index contributed by atoms with van der Waals surface area (Å²) in [6.07, 6.45) is 9.27. The molecule has 0 saturated heterocycles. The molecule has 0 unspecified atom stereocenters. The monoisotopic (exact) mass is 648 g/mol. The van der Waals surface area contributed by atoms with Crippen molar-refractivity contribution in [2.24, 2.45) is 5.41 Å². The van der Waals surface area contributed by atoms with E-state index in [9.17, 15) is 14.7 Å². The Morgan fingerprint density at radius 3 is 2.60 bits per heavy atom. The first kappa shape index (κ1) is 31.1. The minimum atomic E-state index is -0.726. The second-order valence-corrected chi connectivity index (χ2v) is 14.1. The number of carbonyl (C=O) groups excluding carboxylic acids is 1. The zero-order valence-electron chi connectivity index (χ0n) is 27.0. The predicted molar refractivity (Wildman–Crippen MR) is 186 cm³/mol. The average Bonchev–Trinajstić information content (AvgIpc) is 3.65. The van der Waals surface area contributed by atoms with E-state index in [-0.39, 0.29) is 17.7 Å². The van der Waals surface area contributed by atoms with Gasteiger partial charge in [0.2, 0.25) is 0 Å². The lowest BCUT2D eigenvalue weighted by molar-refractivity contribution is -0.138. The number of pyridine rings is 1. The molecule has 9 nitrogen and oxygen atoms in total. The first-order chi connectivity index (χ1) is 22.8. The smallest absolute Gasteiger partial charge is 0.303 e. The van der Waals surface area contributed by atoms with Gasteiger partial charge in [-0.25, -0.2) is 9.97 Å². The zero-order valence-corrected chi connectivity index (χ0v) is 27.8. The minimum Gasteiger partial charge on any atom is -0.481 e. The van der Waals surface area contributed by atoms with Crippen molar-refractivity contribution in [1.82, 2.24) is 19.7 Å². The molecule has 7 rings (SSSR count). The molecule has 47 heavy (non-hydrogen) atoms. The number of hydrogen-bond donors (Lipinski definition) is 2. The first-order valence-electron chi connectivity index (χ1n) is 16.5. The van der Waals surface area contributed by atoms with Gasteiger partial charge in [0.15, 0.2) is 5.13 Å². The van der Waals surface area contributed by atoms with Crippen LogP contribution in [0.15, 0.2) is 60.8 Å². The number of carboxylic acids is 1. The SMILES string of the molecule is Cc1nc(N2CCc3cccc(C(=O)Nc4nc5ccccc5s4)c3C2)ccc1-c1cnn(CC2(CCC(=O)O)CCCCC2)c1C. The molecule has 0 radical (unpaired) electrons. The third-order valence-corrected chi connectivity index (χ3v) is 11.0. The lowest BCUT2D eigenvalue weighted by atomic mass is 9.71. The zero-order chi connectivity index (χ0) is 32.5. The van der Waals surface area contributed by atoms with E-state index in [1.54, 1.807) is 0 Å². The Morgan fingerprint density at radius 2 is 1.81 bits per heavy atom. The summed E-state index contributed by atoms with van der Waals surface area (Å²) >= 11 is 1.48. The topological polar surface area (TPSA) is 113 Å². The van der Waals surface area contributed by atoms with Crippen LogP contribution in [0.4, 0.5) is 10.9 Å². The van der Waals surface area contributed by atoms with Crippen LogP contribution in [0.2, 0.25) is 0 Å². The first-order valence-corrected chi connectivity index (χ1v) is 17.4. The number of para-hydroxylation sites is 1. The second-order valence-electron chi connectivity index (χ2n) is 13.1. The highest BCUT2D eigenvalue weighted by Gasteiger charge is 2.34. The lowest BCUT2D eigenvalue weighted by Crippen LogP contribution is -2.33. The lowest BCUT2D eigenvalue weighted by Gasteiger charge is -2.37. The van der Waals surface area contributed by atoms with E-state index in [1.165, 1.54) is 23.3 Å². The maximum Gasteiger partial charge on any atom is 0.303 e. The standard InChI is InChI=1S/C37H40N6O3S/c1-24-27(29-21-38-43(25(29)2)23-37(19-15-34(44)45)17-6-3-7-18-37)13-14-33(39-24)42-20-16-26-9-8-10-28(30(26)22-42)35(46)41-36-40-31-11-4-5-12-32(31)47-36/h4-5,8-14,21H,3,6-7,15-20,22-23H2,1-2H3,(H,44,45)(H,40,41,46). The van der Waals surface area contributed by atoms with E-state index in [0.717, 1.165) is 89.3 Å². The van der Waals surface area contributed by atoms with E-state index in [4.69, 9.17) is 10.1 Å². The van der Waals surface area contributed by atoms with Crippen LogP contribution in [0.5, 0.6) is 0 Å². The Labute approximate surface area is 278 Å². The molecule has 10 heteroatoms. The molecule has 1 amide bonds. The molecule has 2 aliphatic rings. The van der Waals surface area contributed by atoms with Crippen LogP contribution in [-0.2, 0) is 24.3 Å². The number of thiazole rings is 1. The van der Waals surface area contributed by atoms with Crippen molar-refractivity contribution in [1.29, 1.82) is 0 Å². The van der Waals surface area contributed by atoms with Crippen LogP contribution in [0.3, 0.4) is 0 Å². The van der Waals surface area contributed by atoms with Crippen molar-refractivity contribution < 1.29 is 14.7 Å². The molecule has 242 valence electrons. The number of fused-ring (bicyclic) bond motifs is 2. The number of rotatable bonds is 9. The normalized spacial score (nSPS) is 15.8. The van der Waals surface area contributed by atoms with Crippen LogP contribution in [0, 0.1) is 19.3 Å². The van der Waals surface area contributed by atoms with Crippen molar-refractivity contribution in [2.75, 3.05) is 16.8 Å². The second kappa shape index (κ2) is 12.9. The van der Waals surface area contributed by atoms with E-state index >= 15 is 0 Å². The molecule has 1 fully saturated rings. The number of aryl methyl sites for hydroxylation is 1. The fourth-order valence-corrected chi connectivity index (χ4v) is 8.30. The Bertz CT molecular complexity index is 1920. The summed E-state index contributed by atoms with van der Waals surface area (Å²) in [4.78, 5) is 36.8. The quantitative estimate of drug-likeness (QED) is 0.168. The number of hydrogen-bond acceptors (Lipinski definition) is 7. The fourth-order valence-electron chi connectivity index (χ4n) is 7.44. The highest BCUT2D eigenvalue weighted by atomic mass is 32.1. The summed E-state index contributed by atoms with van der Waals surface area (Å²) in [6, 6.07) is 18.1. The van der Waals surface area contributed by atoms with Crippen LogP contribution in [0.1, 0.15) is 77.8 Å². The molecule has 2 aromatic carbocycles. The average molecular weight is 649 g/mol. The summed E-state index contributed by atoms with van der Waals surface area (Å²) in [5, 5.41) is 17.8. The number of aromatic nitrogens is 4. The van der Waals surface area contributed by atoms with Crippen LogP contribution in [-0.4, -0.2) is 43.3 Å². The number of carboxylic acid groups (broad SMARTS) is 1.